The van der Waals surface area contributed by atoms with Crippen molar-refractivity contribution in [2.45, 2.75) is 0 Å². The van der Waals surface area contributed by atoms with E-state index in [1.807, 2.05) is 60.7 Å². The monoisotopic (exact) mass is 263 g/mol. The summed E-state index contributed by atoms with van der Waals surface area (Å²) < 4.78 is 0. The van der Waals surface area contributed by atoms with Gasteiger partial charge in [-0.25, -0.2) is 10.8 Å². The van der Waals surface area contributed by atoms with Gasteiger partial charge in [0.05, 0.1) is 5.69 Å². The number of hydrogen-bond acceptors (Lipinski definition) is 3. The molecular weight excluding hydrogens is 250 g/mol. The Bertz CT molecular complexity index is 769. The Balaban J connectivity index is 2.28. The molecular formula is C16H13N3O. The molecule has 0 spiro atoms. The van der Waals surface area contributed by atoms with E-state index in [9.17, 15) is 4.79 Å². The molecule has 0 fully saturated rings. The van der Waals surface area contributed by atoms with Gasteiger partial charge in [0.2, 0.25) is 0 Å². The lowest BCUT2D eigenvalue weighted by Gasteiger charge is -2.08. The fraction of sp³-hybridized carbons (Fsp3) is 0. The molecule has 0 saturated carbocycles. The van der Waals surface area contributed by atoms with Crippen molar-refractivity contribution in [1.29, 1.82) is 0 Å². The van der Waals surface area contributed by atoms with Crippen molar-refractivity contribution in [3.8, 4) is 11.3 Å². The van der Waals surface area contributed by atoms with Gasteiger partial charge >= 0.3 is 0 Å². The maximum atomic E-state index is 11.9. The van der Waals surface area contributed by atoms with Crippen LogP contribution in [0.2, 0.25) is 0 Å². The molecule has 0 saturated heterocycles. The van der Waals surface area contributed by atoms with E-state index in [-0.39, 0.29) is 5.91 Å². The summed E-state index contributed by atoms with van der Waals surface area (Å²) in [4.78, 5) is 16.4. The second-order valence-electron chi connectivity index (χ2n) is 4.42. The van der Waals surface area contributed by atoms with E-state index in [1.165, 1.54) is 0 Å². The lowest BCUT2D eigenvalue weighted by molar-refractivity contribution is 0.0950. The van der Waals surface area contributed by atoms with Crippen molar-refractivity contribution < 1.29 is 4.79 Å². The molecule has 1 amide bonds. The van der Waals surface area contributed by atoms with Gasteiger partial charge in [-0.1, -0.05) is 54.6 Å². The van der Waals surface area contributed by atoms with Gasteiger partial charge < -0.3 is 0 Å². The van der Waals surface area contributed by atoms with Gasteiger partial charge in [-0.15, -0.1) is 0 Å². The molecule has 3 N–H and O–H groups in total. The maximum Gasteiger partial charge on any atom is 0.284 e. The van der Waals surface area contributed by atoms with Crippen LogP contribution < -0.4 is 11.3 Å². The van der Waals surface area contributed by atoms with Crippen molar-refractivity contribution in [3.05, 3.63) is 66.4 Å². The van der Waals surface area contributed by atoms with Crippen LogP contribution in [-0.4, -0.2) is 10.9 Å². The number of fused-ring (bicyclic) bond motifs is 1. The summed E-state index contributed by atoms with van der Waals surface area (Å²) in [5, 5.41) is 1.75. The van der Waals surface area contributed by atoms with Crippen LogP contribution in [0, 0.1) is 0 Å². The predicted molar refractivity (Wildman–Crippen MR) is 78.8 cm³/mol. The summed E-state index contributed by atoms with van der Waals surface area (Å²) in [6.07, 6.45) is 0. The molecule has 0 unspecified atom stereocenters. The van der Waals surface area contributed by atoms with E-state index in [4.69, 9.17) is 5.84 Å². The Morgan fingerprint density at radius 3 is 2.45 bits per heavy atom. The molecule has 0 aliphatic carbocycles. The summed E-state index contributed by atoms with van der Waals surface area (Å²) in [5.41, 5.74) is 4.20. The van der Waals surface area contributed by atoms with Crippen LogP contribution in [0.3, 0.4) is 0 Å². The summed E-state index contributed by atoms with van der Waals surface area (Å²) >= 11 is 0. The zero-order valence-electron chi connectivity index (χ0n) is 10.7. The van der Waals surface area contributed by atoms with Crippen LogP contribution in [0.4, 0.5) is 0 Å². The molecule has 1 heterocycles. The lowest BCUT2D eigenvalue weighted by atomic mass is 10.0. The van der Waals surface area contributed by atoms with Crippen molar-refractivity contribution >= 4 is 16.7 Å². The first-order valence-corrected chi connectivity index (χ1v) is 6.26. The summed E-state index contributed by atoms with van der Waals surface area (Å²) in [7, 11) is 0. The minimum atomic E-state index is -0.390. The number of pyridine rings is 1. The molecule has 0 aliphatic rings. The van der Waals surface area contributed by atoms with Gasteiger partial charge in [0.15, 0.2) is 0 Å². The Morgan fingerprint density at radius 2 is 1.70 bits per heavy atom. The number of carbonyl (C=O) groups excluding carboxylic acids is 1. The number of aromatic nitrogens is 1. The number of benzene rings is 2. The second-order valence-corrected chi connectivity index (χ2v) is 4.42. The summed E-state index contributed by atoms with van der Waals surface area (Å²) in [5.74, 6) is 4.85. The molecule has 3 aromatic rings. The van der Waals surface area contributed by atoms with Crippen LogP contribution in [0.5, 0.6) is 0 Å². The molecule has 2 aromatic carbocycles. The summed E-state index contributed by atoms with van der Waals surface area (Å²) in [6, 6.07) is 19.3. The highest BCUT2D eigenvalue weighted by molar-refractivity contribution is 6.06. The quantitative estimate of drug-likeness (QED) is 0.424. The molecule has 0 aliphatic heterocycles. The standard InChI is InChI=1S/C16H13N3O/c17-19-16(20)15-13-9-5-4-8-12(13)10-14(18-15)11-6-2-1-3-7-11/h1-10H,17H2,(H,19,20). The molecule has 1 aromatic heterocycles. The number of amides is 1. The SMILES string of the molecule is NNC(=O)c1nc(-c2ccccc2)cc2ccccc12. The van der Waals surface area contributed by atoms with Crippen LogP contribution in [0.1, 0.15) is 10.5 Å². The van der Waals surface area contributed by atoms with E-state index >= 15 is 0 Å². The van der Waals surface area contributed by atoms with E-state index in [1.54, 1.807) is 0 Å². The van der Waals surface area contributed by atoms with Gasteiger partial charge in [0, 0.05) is 10.9 Å². The van der Waals surface area contributed by atoms with Gasteiger partial charge in [0.1, 0.15) is 5.69 Å². The highest BCUT2D eigenvalue weighted by Gasteiger charge is 2.13. The number of hydrogen-bond donors (Lipinski definition) is 2. The molecule has 3 rings (SSSR count). The number of rotatable bonds is 2. The van der Waals surface area contributed by atoms with Crippen molar-refractivity contribution in [2.24, 2.45) is 5.84 Å². The van der Waals surface area contributed by atoms with E-state index in [0.29, 0.717) is 5.69 Å². The minimum absolute atomic E-state index is 0.337. The zero-order valence-corrected chi connectivity index (χ0v) is 10.7. The highest BCUT2D eigenvalue weighted by Crippen LogP contribution is 2.24. The van der Waals surface area contributed by atoms with Crippen LogP contribution in [-0.2, 0) is 0 Å². The number of nitrogens with one attached hydrogen (secondary N) is 1. The largest absolute Gasteiger partial charge is 0.289 e. The average Bonchev–Trinajstić information content (AvgIpc) is 2.54. The number of nitrogens with zero attached hydrogens (tertiary/aromatic N) is 1. The molecule has 4 nitrogen and oxygen atoms in total. The van der Waals surface area contributed by atoms with E-state index in [0.717, 1.165) is 22.0 Å². The smallest absolute Gasteiger partial charge is 0.284 e. The minimum Gasteiger partial charge on any atom is -0.289 e. The zero-order chi connectivity index (χ0) is 13.9. The van der Waals surface area contributed by atoms with E-state index < -0.39 is 0 Å². The normalized spacial score (nSPS) is 10.4. The third-order valence-electron chi connectivity index (χ3n) is 3.16. The first-order chi connectivity index (χ1) is 9.79. The molecule has 0 radical (unpaired) electrons. The average molecular weight is 263 g/mol. The first-order valence-electron chi connectivity index (χ1n) is 6.26. The number of nitrogen functional groups attached to an aromatic ring is 1. The molecule has 0 bridgehead atoms. The van der Waals surface area contributed by atoms with Crippen LogP contribution in [0.25, 0.3) is 22.0 Å². The van der Waals surface area contributed by atoms with Gasteiger partial charge in [0.25, 0.3) is 5.91 Å². The van der Waals surface area contributed by atoms with Crippen LogP contribution in [0.15, 0.2) is 60.7 Å². The number of carbonyl (C=O) groups is 1. The topological polar surface area (TPSA) is 68.0 Å². The Morgan fingerprint density at radius 1 is 1.00 bits per heavy atom. The number of nitrogens with two attached hydrogens (primary N) is 1. The maximum absolute atomic E-state index is 11.9. The van der Waals surface area contributed by atoms with Gasteiger partial charge in [-0.2, -0.15) is 0 Å². The third-order valence-corrected chi connectivity index (χ3v) is 3.16. The van der Waals surface area contributed by atoms with Crippen molar-refractivity contribution in [1.82, 2.24) is 10.4 Å². The van der Waals surface area contributed by atoms with E-state index in [2.05, 4.69) is 10.4 Å². The van der Waals surface area contributed by atoms with Crippen molar-refractivity contribution in [2.75, 3.05) is 0 Å². The Labute approximate surface area is 116 Å². The molecule has 20 heavy (non-hydrogen) atoms. The third kappa shape index (κ3) is 2.13. The Hall–Kier alpha value is -2.72. The lowest BCUT2D eigenvalue weighted by Crippen LogP contribution is -2.31. The van der Waals surface area contributed by atoms with Crippen molar-refractivity contribution in [3.63, 3.8) is 0 Å². The van der Waals surface area contributed by atoms with Gasteiger partial charge in [-0.3, -0.25) is 10.2 Å². The fourth-order valence-corrected chi connectivity index (χ4v) is 2.20. The van der Waals surface area contributed by atoms with Gasteiger partial charge in [-0.05, 0) is 11.5 Å². The first kappa shape index (κ1) is 12.3. The fourth-order valence-electron chi connectivity index (χ4n) is 2.20. The number of hydrazine groups is 1. The highest BCUT2D eigenvalue weighted by atomic mass is 16.2. The summed E-state index contributed by atoms with van der Waals surface area (Å²) in [6.45, 7) is 0. The molecule has 0 atom stereocenters. The van der Waals surface area contributed by atoms with Crippen LogP contribution >= 0.6 is 0 Å². The molecule has 98 valence electrons. The second kappa shape index (κ2) is 5.11. The predicted octanol–water partition coefficient (Wildman–Crippen LogP) is 2.51. The Kier molecular flexibility index (Phi) is 3.15. The molecule has 4 heteroatoms.